The standard InChI is InChI=1S/C11H19N5O3/c1-7(2)5-8(12)10(17)13-3-4-16-6-9(11(18)19)14-15-16/h6-8H,3-5,12H2,1-2H3,(H,13,17)(H,18,19). The fourth-order valence-electron chi connectivity index (χ4n) is 1.55. The van der Waals surface area contributed by atoms with Crippen LogP contribution in [0, 0.1) is 5.92 Å². The number of amides is 1. The second-order valence-corrected chi connectivity index (χ2v) is 4.70. The molecule has 1 rings (SSSR count). The zero-order valence-corrected chi connectivity index (χ0v) is 11.0. The molecule has 1 aromatic rings. The number of aromatic nitrogens is 3. The molecule has 0 aliphatic rings. The Hall–Kier alpha value is -1.96. The Balaban J connectivity index is 2.33. The number of carbonyl (C=O) groups is 2. The number of hydrogen-bond donors (Lipinski definition) is 3. The summed E-state index contributed by atoms with van der Waals surface area (Å²) < 4.78 is 1.36. The number of nitrogens with one attached hydrogen (secondary N) is 1. The zero-order chi connectivity index (χ0) is 14.4. The van der Waals surface area contributed by atoms with E-state index >= 15 is 0 Å². The minimum Gasteiger partial charge on any atom is -0.476 e. The lowest BCUT2D eigenvalue weighted by atomic mass is 10.0. The molecule has 0 radical (unpaired) electrons. The van der Waals surface area contributed by atoms with E-state index in [1.807, 2.05) is 13.8 Å². The van der Waals surface area contributed by atoms with Crippen LogP contribution >= 0.6 is 0 Å². The van der Waals surface area contributed by atoms with Gasteiger partial charge in [-0.2, -0.15) is 0 Å². The lowest BCUT2D eigenvalue weighted by molar-refractivity contribution is -0.122. The molecule has 1 amide bonds. The number of carbonyl (C=O) groups excluding carboxylic acids is 1. The Morgan fingerprint density at radius 2 is 2.21 bits per heavy atom. The van der Waals surface area contributed by atoms with Crippen molar-refractivity contribution in [1.82, 2.24) is 20.3 Å². The molecule has 0 saturated heterocycles. The van der Waals surface area contributed by atoms with Crippen LogP contribution in [-0.2, 0) is 11.3 Å². The molecule has 0 aliphatic heterocycles. The third kappa shape index (κ3) is 5.04. The third-order valence-corrected chi connectivity index (χ3v) is 2.46. The van der Waals surface area contributed by atoms with Crippen molar-refractivity contribution >= 4 is 11.9 Å². The Kier molecular flexibility index (Phi) is 5.43. The molecule has 0 bridgehead atoms. The summed E-state index contributed by atoms with van der Waals surface area (Å²) in [7, 11) is 0. The number of carboxylic acid groups (broad SMARTS) is 1. The van der Waals surface area contributed by atoms with Crippen molar-refractivity contribution in [3.63, 3.8) is 0 Å². The number of carboxylic acids is 1. The van der Waals surface area contributed by atoms with E-state index in [-0.39, 0.29) is 11.6 Å². The van der Waals surface area contributed by atoms with Gasteiger partial charge in [0.25, 0.3) is 0 Å². The number of hydrogen-bond acceptors (Lipinski definition) is 5. The summed E-state index contributed by atoms with van der Waals surface area (Å²) in [5.74, 6) is -0.990. The van der Waals surface area contributed by atoms with Crippen LogP contribution in [0.25, 0.3) is 0 Å². The van der Waals surface area contributed by atoms with Crippen molar-refractivity contribution in [2.75, 3.05) is 6.54 Å². The highest BCUT2D eigenvalue weighted by molar-refractivity contribution is 5.84. The van der Waals surface area contributed by atoms with Gasteiger partial charge in [0.05, 0.1) is 18.8 Å². The van der Waals surface area contributed by atoms with Gasteiger partial charge < -0.3 is 16.2 Å². The molecule has 19 heavy (non-hydrogen) atoms. The predicted octanol–water partition coefficient (Wildman–Crippen LogP) is -0.534. The summed E-state index contributed by atoms with van der Waals surface area (Å²) in [6.45, 7) is 4.67. The highest BCUT2D eigenvalue weighted by Gasteiger charge is 2.14. The van der Waals surface area contributed by atoms with Crippen LogP contribution in [0.15, 0.2) is 6.20 Å². The first-order valence-corrected chi connectivity index (χ1v) is 6.07. The van der Waals surface area contributed by atoms with Crippen molar-refractivity contribution in [3.05, 3.63) is 11.9 Å². The minimum absolute atomic E-state index is 0.122. The average Bonchev–Trinajstić information content (AvgIpc) is 2.76. The van der Waals surface area contributed by atoms with E-state index < -0.39 is 12.0 Å². The molecular formula is C11H19N5O3. The van der Waals surface area contributed by atoms with Crippen LogP contribution in [0.2, 0.25) is 0 Å². The second-order valence-electron chi connectivity index (χ2n) is 4.70. The van der Waals surface area contributed by atoms with Crippen LogP contribution < -0.4 is 11.1 Å². The topological polar surface area (TPSA) is 123 Å². The fraction of sp³-hybridized carbons (Fsp3) is 0.636. The van der Waals surface area contributed by atoms with Crippen molar-refractivity contribution in [2.24, 2.45) is 11.7 Å². The van der Waals surface area contributed by atoms with E-state index in [1.54, 1.807) is 0 Å². The number of rotatable bonds is 7. The first-order chi connectivity index (χ1) is 8.90. The molecule has 1 atom stereocenters. The first-order valence-electron chi connectivity index (χ1n) is 6.07. The maximum atomic E-state index is 11.6. The van der Waals surface area contributed by atoms with Gasteiger partial charge in [-0.05, 0) is 12.3 Å². The lowest BCUT2D eigenvalue weighted by Gasteiger charge is -2.13. The molecular weight excluding hydrogens is 250 g/mol. The molecule has 4 N–H and O–H groups in total. The monoisotopic (exact) mass is 269 g/mol. The number of nitrogens with zero attached hydrogens (tertiary/aromatic N) is 3. The van der Waals surface area contributed by atoms with Gasteiger partial charge in [0.1, 0.15) is 0 Å². The van der Waals surface area contributed by atoms with Crippen molar-refractivity contribution in [3.8, 4) is 0 Å². The third-order valence-electron chi connectivity index (χ3n) is 2.46. The van der Waals surface area contributed by atoms with Crippen LogP contribution in [-0.4, -0.2) is 44.6 Å². The molecule has 1 aromatic heterocycles. The van der Waals surface area contributed by atoms with Crippen molar-refractivity contribution < 1.29 is 14.7 Å². The van der Waals surface area contributed by atoms with Gasteiger partial charge in [-0.3, -0.25) is 4.79 Å². The summed E-state index contributed by atoms with van der Waals surface area (Å²) >= 11 is 0. The minimum atomic E-state index is -1.13. The maximum absolute atomic E-state index is 11.6. The molecule has 0 spiro atoms. The van der Waals surface area contributed by atoms with Gasteiger partial charge in [-0.15, -0.1) is 5.10 Å². The van der Waals surface area contributed by atoms with E-state index in [0.717, 1.165) is 0 Å². The van der Waals surface area contributed by atoms with Crippen LogP contribution in [0.5, 0.6) is 0 Å². The largest absolute Gasteiger partial charge is 0.476 e. The summed E-state index contributed by atoms with van der Waals surface area (Å²) in [4.78, 5) is 22.2. The summed E-state index contributed by atoms with van der Waals surface area (Å²) in [6.07, 6.45) is 1.93. The highest BCUT2D eigenvalue weighted by Crippen LogP contribution is 2.02. The summed E-state index contributed by atoms with van der Waals surface area (Å²) in [5, 5.41) is 18.4. The summed E-state index contributed by atoms with van der Waals surface area (Å²) in [5.41, 5.74) is 5.59. The van der Waals surface area contributed by atoms with Gasteiger partial charge in [-0.25, -0.2) is 9.48 Å². The molecule has 106 valence electrons. The van der Waals surface area contributed by atoms with Crippen molar-refractivity contribution in [1.29, 1.82) is 0 Å². The first kappa shape index (κ1) is 15.1. The molecule has 0 fully saturated rings. The Labute approximate surface area is 111 Å². The normalized spacial score (nSPS) is 12.4. The van der Waals surface area contributed by atoms with E-state index in [1.165, 1.54) is 10.9 Å². The highest BCUT2D eigenvalue weighted by atomic mass is 16.4. The SMILES string of the molecule is CC(C)CC(N)C(=O)NCCn1cc(C(=O)O)nn1. The lowest BCUT2D eigenvalue weighted by Crippen LogP contribution is -2.42. The number of nitrogens with two attached hydrogens (primary N) is 1. The molecule has 1 unspecified atom stereocenters. The van der Waals surface area contributed by atoms with Crippen LogP contribution in [0.1, 0.15) is 30.8 Å². The smallest absolute Gasteiger partial charge is 0.358 e. The van der Waals surface area contributed by atoms with E-state index in [9.17, 15) is 9.59 Å². The molecule has 8 heteroatoms. The molecule has 8 nitrogen and oxygen atoms in total. The second kappa shape index (κ2) is 6.83. The van der Waals surface area contributed by atoms with Gasteiger partial charge in [0.15, 0.2) is 5.69 Å². The molecule has 1 heterocycles. The number of aromatic carboxylic acids is 1. The van der Waals surface area contributed by atoms with Crippen LogP contribution in [0.4, 0.5) is 0 Å². The van der Waals surface area contributed by atoms with Gasteiger partial charge in [-0.1, -0.05) is 19.1 Å². The van der Waals surface area contributed by atoms with E-state index in [4.69, 9.17) is 10.8 Å². The Bertz CT molecular complexity index is 443. The molecule has 0 aliphatic carbocycles. The fourth-order valence-corrected chi connectivity index (χ4v) is 1.55. The average molecular weight is 269 g/mol. The van der Waals surface area contributed by atoms with E-state index in [0.29, 0.717) is 25.4 Å². The Morgan fingerprint density at radius 1 is 1.53 bits per heavy atom. The molecule has 0 aromatic carbocycles. The Morgan fingerprint density at radius 3 is 2.74 bits per heavy atom. The maximum Gasteiger partial charge on any atom is 0.358 e. The predicted molar refractivity (Wildman–Crippen MR) is 67.4 cm³/mol. The van der Waals surface area contributed by atoms with Gasteiger partial charge in [0, 0.05) is 6.54 Å². The van der Waals surface area contributed by atoms with Gasteiger partial charge in [0.2, 0.25) is 5.91 Å². The zero-order valence-electron chi connectivity index (χ0n) is 11.0. The van der Waals surface area contributed by atoms with Crippen molar-refractivity contribution in [2.45, 2.75) is 32.9 Å². The van der Waals surface area contributed by atoms with Crippen LogP contribution in [0.3, 0.4) is 0 Å². The molecule has 0 saturated carbocycles. The van der Waals surface area contributed by atoms with Gasteiger partial charge >= 0.3 is 5.97 Å². The van der Waals surface area contributed by atoms with E-state index in [2.05, 4.69) is 15.6 Å². The summed E-state index contributed by atoms with van der Waals surface area (Å²) in [6, 6.07) is -0.523. The quantitative estimate of drug-likeness (QED) is 0.611.